The number of carbonyl (C=O) groups is 4. The Labute approximate surface area is 203 Å². The summed E-state index contributed by atoms with van der Waals surface area (Å²) in [6.45, 7) is 5.34. The number of rotatable bonds is 15. The van der Waals surface area contributed by atoms with Gasteiger partial charge in [-0.25, -0.2) is 9.78 Å². The highest BCUT2D eigenvalue weighted by atomic mass is 16.4. The van der Waals surface area contributed by atoms with Gasteiger partial charge in [0.05, 0.1) is 12.4 Å². The fourth-order valence-electron chi connectivity index (χ4n) is 3.11. The molecule has 3 amide bonds. The topological polar surface area (TPSA) is 244 Å². The third kappa shape index (κ3) is 10.4. The molecule has 1 aromatic rings. The van der Waals surface area contributed by atoms with Gasteiger partial charge in [-0.15, -0.1) is 0 Å². The highest BCUT2D eigenvalue weighted by Gasteiger charge is 2.32. The normalized spacial score (nSPS) is 15.1. The van der Waals surface area contributed by atoms with E-state index in [0.29, 0.717) is 18.5 Å². The van der Waals surface area contributed by atoms with E-state index in [0.717, 1.165) is 0 Å². The molecular weight excluding hydrogens is 458 g/mol. The number of imidazole rings is 1. The number of aliphatic carboxylic acids is 1. The number of carbonyl (C=O) groups excluding carboxylic acids is 3. The van der Waals surface area contributed by atoms with E-state index in [1.165, 1.54) is 19.4 Å². The maximum absolute atomic E-state index is 13.1. The summed E-state index contributed by atoms with van der Waals surface area (Å²) < 4.78 is 0. The number of hydrogen-bond acceptors (Lipinski definition) is 7. The van der Waals surface area contributed by atoms with Gasteiger partial charge in [0, 0.05) is 24.9 Å². The second-order valence-electron chi connectivity index (χ2n) is 8.35. The van der Waals surface area contributed by atoms with Gasteiger partial charge >= 0.3 is 5.97 Å². The summed E-state index contributed by atoms with van der Waals surface area (Å²) in [7, 11) is 0. The molecule has 5 unspecified atom stereocenters. The molecule has 0 bridgehead atoms. The molecule has 0 saturated carbocycles. The number of amides is 3. The van der Waals surface area contributed by atoms with Gasteiger partial charge in [0.25, 0.3) is 0 Å². The number of H-pyrrole nitrogens is 1. The average Bonchev–Trinajstić information content (AvgIpc) is 3.30. The Morgan fingerprint density at radius 2 is 1.74 bits per heavy atom. The first-order valence-electron chi connectivity index (χ1n) is 11.4. The number of nitrogens with one attached hydrogen (secondary N) is 4. The molecule has 0 aliphatic heterocycles. The SMILES string of the molecule is CCC(C)C(NC(=O)C(C)N)C(=O)NC(Cc1cnc[nH]1)C(=O)NC(CCCN=C(N)N)C(=O)O. The third-order valence-electron chi connectivity index (χ3n) is 5.38. The van der Waals surface area contributed by atoms with Crippen molar-refractivity contribution in [3.05, 3.63) is 18.2 Å². The second kappa shape index (κ2) is 14.6. The number of aromatic nitrogens is 2. The Balaban J connectivity index is 3.02. The van der Waals surface area contributed by atoms with Gasteiger partial charge in [0.15, 0.2) is 5.96 Å². The van der Waals surface area contributed by atoms with Crippen molar-refractivity contribution in [3.8, 4) is 0 Å². The molecule has 0 aliphatic rings. The van der Waals surface area contributed by atoms with Crippen molar-refractivity contribution < 1.29 is 24.3 Å². The highest BCUT2D eigenvalue weighted by molar-refractivity contribution is 5.94. The lowest BCUT2D eigenvalue weighted by atomic mass is 9.97. The van der Waals surface area contributed by atoms with Crippen molar-refractivity contribution in [2.45, 2.75) is 70.6 Å². The minimum atomic E-state index is -1.24. The summed E-state index contributed by atoms with van der Waals surface area (Å²) in [6, 6.07) is -4.12. The van der Waals surface area contributed by atoms with Gasteiger partial charge in [0.2, 0.25) is 17.7 Å². The lowest BCUT2D eigenvalue weighted by molar-refractivity contribution is -0.142. The Hall–Kier alpha value is -3.68. The standard InChI is InChI=1S/C21H37N9O5/c1-4-11(2)16(30-17(31)12(3)22)19(33)29-15(8-13-9-25-10-27-13)18(32)28-14(20(34)35)6-5-7-26-21(23)24/h9-12,14-16H,4-8,22H2,1-3H3,(H,25,27)(H,28,32)(H,29,33)(H,30,31)(H,34,35)(H4,23,24,26). The summed E-state index contributed by atoms with van der Waals surface area (Å²) >= 11 is 0. The Bertz CT molecular complexity index is 869. The van der Waals surface area contributed by atoms with Crippen LogP contribution < -0.4 is 33.2 Å². The molecule has 35 heavy (non-hydrogen) atoms. The number of carboxylic acid groups (broad SMARTS) is 1. The van der Waals surface area contributed by atoms with Gasteiger partial charge in [-0.1, -0.05) is 20.3 Å². The van der Waals surface area contributed by atoms with Crippen molar-refractivity contribution in [1.29, 1.82) is 0 Å². The van der Waals surface area contributed by atoms with E-state index < -0.39 is 47.9 Å². The zero-order chi connectivity index (χ0) is 26.5. The van der Waals surface area contributed by atoms with Crippen LogP contribution in [0.5, 0.6) is 0 Å². The van der Waals surface area contributed by atoms with E-state index in [1.807, 2.05) is 6.92 Å². The molecule has 1 aromatic heterocycles. The molecule has 196 valence electrons. The summed E-state index contributed by atoms with van der Waals surface area (Å²) in [5.41, 5.74) is 16.7. The smallest absolute Gasteiger partial charge is 0.326 e. The predicted octanol–water partition coefficient (Wildman–Crippen LogP) is -2.06. The van der Waals surface area contributed by atoms with Crippen LogP contribution in [-0.2, 0) is 25.6 Å². The lowest BCUT2D eigenvalue weighted by Gasteiger charge is -2.27. The number of guanidine groups is 1. The van der Waals surface area contributed by atoms with Crippen molar-refractivity contribution in [3.63, 3.8) is 0 Å². The molecule has 1 rings (SSSR count). The van der Waals surface area contributed by atoms with Gasteiger partial charge in [-0.2, -0.15) is 0 Å². The maximum atomic E-state index is 13.1. The molecular formula is C21H37N9O5. The van der Waals surface area contributed by atoms with Gasteiger partial charge < -0.3 is 43.2 Å². The van der Waals surface area contributed by atoms with Gasteiger partial charge in [-0.3, -0.25) is 19.4 Å². The fraction of sp³-hybridized carbons (Fsp3) is 0.619. The van der Waals surface area contributed by atoms with E-state index in [1.54, 1.807) is 6.92 Å². The predicted molar refractivity (Wildman–Crippen MR) is 129 cm³/mol. The molecule has 0 aliphatic carbocycles. The number of nitrogens with zero attached hydrogens (tertiary/aromatic N) is 2. The van der Waals surface area contributed by atoms with Crippen LogP contribution in [0.2, 0.25) is 0 Å². The van der Waals surface area contributed by atoms with E-state index >= 15 is 0 Å². The number of hydrogen-bond donors (Lipinski definition) is 8. The molecule has 0 fully saturated rings. The van der Waals surface area contributed by atoms with Crippen LogP contribution in [0.4, 0.5) is 0 Å². The minimum Gasteiger partial charge on any atom is -0.480 e. The van der Waals surface area contributed by atoms with Crippen LogP contribution in [0.3, 0.4) is 0 Å². The van der Waals surface area contributed by atoms with E-state index in [9.17, 15) is 24.3 Å². The van der Waals surface area contributed by atoms with Crippen LogP contribution in [0.15, 0.2) is 17.5 Å². The first-order chi connectivity index (χ1) is 16.5. The first kappa shape index (κ1) is 29.4. The van der Waals surface area contributed by atoms with Crippen molar-refractivity contribution in [1.82, 2.24) is 25.9 Å². The molecule has 0 saturated heterocycles. The van der Waals surface area contributed by atoms with Gasteiger partial charge in [0.1, 0.15) is 18.1 Å². The lowest BCUT2D eigenvalue weighted by Crippen LogP contribution is -2.58. The van der Waals surface area contributed by atoms with E-state index in [2.05, 4.69) is 30.9 Å². The maximum Gasteiger partial charge on any atom is 0.326 e. The van der Waals surface area contributed by atoms with E-state index in [-0.39, 0.29) is 31.3 Å². The van der Waals surface area contributed by atoms with Crippen molar-refractivity contribution in [2.24, 2.45) is 28.1 Å². The number of aliphatic imine (C=N–C) groups is 1. The number of aromatic amines is 1. The first-order valence-corrected chi connectivity index (χ1v) is 11.4. The fourth-order valence-corrected chi connectivity index (χ4v) is 3.11. The minimum absolute atomic E-state index is 0.0202. The largest absolute Gasteiger partial charge is 0.480 e. The molecule has 5 atom stereocenters. The summed E-state index contributed by atoms with van der Waals surface area (Å²) in [6.07, 6.45) is 3.88. The summed E-state index contributed by atoms with van der Waals surface area (Å²) in [5.74, 6) is -3.41. The van der Waals surface area contributed by atoms with Crippen molar-refractivity contribution >= 4 is 29.7 Å². The second-order valence-corrected chi connectivity index (χ2v) is 8.35. The van der Waals surface area contributed by atoms with Crippen LogP contribution in [0.1, 0.15) is 45.7 Å². The third-order valence-corrected chi connectivity index (χ3v) is 5.38. The van der Waals surface area contributed by atoms with Crippen LogP contribution in [-0.4, -0.2) is 75.4 Å². The van der Waals surface area contributed by atoms with Crippen LogP contribution in [0.25, 0.3) is 0 Å². The Kier molecular flexibility index (Phi) is 12.2. The van der Waals surface area contributed by atoms with E-state index in [4.69, 9.17) is 17.2 Å². The zero-order valence-electron chi connectivity index (χ0n) is 20.3. The average molecular weight is 496 g/mol. The van der Waals surface area contributed by atoms with Crippen LogP contribution >= 0.6 is 0 Å². The molecule has 0 radical (unpaired) electrons. The van der Waals surface area contributed by atoms with Gasteiger partial charge in [-0.05, 0) is 25.7 Å². The zero-order valence-corrected chi connectivity index (χ0v) is 20.3. The molecule has 14 heteroatoms. The summed E-state index contributed by atoms with van der Waals surface area (Å²) in [5, 5.41) is 17.2. The molecule has 11 N–H and O–H groups in total. The number of nitrogens with two attached hydrogens (primary N) is 3. The van der Waals surface area contributed by atoms with Crippen LogP contribution in [0, 0.1) is 5.92 Å². The van der Waals surface area contributed by atoms with Crippen molar-refractivity contribution in [2.75, 3.05) is 6.54 Å². The highest BCUT2D eigenvalue weighted by Crippen LogP contribution is 2.10. The molecule has 1 heterocycles. The molecule has 0 spiro atoms. The summed E-state index contributed by atoms with van der Waals surface area (Å²) in [4.78, 5) is 60.5. The monoisotopic (exact) mass is 495 g/mol. The number of carboxylic acids is 1. The Morgan fingerprint density at radius 3 is 2.26 bits per heavy atom. The Morgan fingerprint density at radius 1 is 1.09 bits per heavy atom. The quantitative estimate of drug-likeness (QED) is 0.0756. The molecule has 0 aromatic carbocycles. The molecule has 14 nitrogen and oxygen atoms in total.